The molecule has 1 aromatic rings. The molecule has 0 unspecified atom stereocenters. The summed E-state index contributed by atoms with van der Waals surface area (Å²) in [5.41, 5.74) is -2.62. The Labute approximate surface area is 87.3 Å². The number of carbonyl (C=O) groups is 1. The van der Waals surface area contributed by atoms with Gasteiger partial charge in [-0.3, -0.25) is 4.79 Å². The number of nitriles is 1. The van der Waals surface area contributed by atoms with Crippen LogP contribution in [0, 0.1) is 34.6 Å². The molecule has 1 N–H and O–H groups in total. The van der Waals surface area contributed by atoms with Gasteiger partial charge in [-0.05, 0) is 0 Å². The lowest BCUT2D eigenvalue weighted by Crippen LogP contribution is -2.13. The van der Waals surface area contributed by atoms with E-state index < -0.39 is 40.4 Å². The Bertz CT molecular complexity index is 478. The van der Waals surface area contributed by atoms with E-state index in [9.17, 15) is 22.4 Å². The molecular formula is C9H4F4N2O. The first-order valence-electron chi connectivity index (χ1n) is 3.93. The summed E-state index contributed by atoms with van der Waals surface area (Å²) in [4.78, 5) is 10.5. The molecule has 0 aliphatic rings. The molecule has 84 valence electrons. The van der Waals surface area contributed by atoms with Crippen LogP contribution in [0.15, 0.2) is 0 Å². The lowest BCUT2D eigenvalue weighted by atomic mass is 10.1. The smallest absolute Gasteiger partial charge is 0.221 e. The van der Waals surface area contributed by atoms with Crippen molar-refractivity contribution in [3.63, 3.8) is 0 Å². The largest absolute Gasteiger partial charge is 0.321 e. The molecular weight excluding hydrogens is 228 g/mol. The monoisotopic (exact) mass is 232 g/mol. The van der Waals surface area contributed by atoms with E-state index in [0.717, 1.165) is 13.0 Å². The van der Waals surface area contributed by atoms with Crippen molar-refractivity contribution in [2.45, 2.75) is 6.92 Å². The number of rotatable bonds is 1. The number of benzene rings is 1. The zero-order valence-corrected chi connectivity index (χ0v) is 7.87. The molecule has 0 heterocycles. The van der Waals surface area contributed by atoms with Gasteiger partial charge in [0.15, 0.2) is 23.3 Å². The van der Waals surface area contributed by atoms with Crippen LogP contribution < -0.4 is 5.32 Å². The minimum atomic E-state index is -1.84. The van der Waals surface area contributed by atoms with Crippen molar-refractivity contribution in [2.75, 3.05) is 5.32 Å². The SMILES string of the molecule is CC(=O)Nc1c(F)c(F)c(C#N)c(F)c1F. The Kier molecular flexibility index (Phi) is 3.13. The average molecular weight is 232 g/mol. The molecule has 7 heteroatoms. The number of anilines is 1. The van der Waals surface area contributed by atoms with E-state index in [1.165, 1.54) is 0 Å². The topological polar surface area (TPSA) is 52.9 Å². The highest BCUT2D eigenvalue weighted by Crippen LogP contribution is 2.27. The van der Waals surface area contributed by atoms with Crippen molar-refractivity contribution in [3.05, 3.63) is 28.8 Å². The zero-order chi connectivity index (χ0) is 12.5. The predicted octanol–water partition coefficient (Wildman–Crippen LogP) is 2.07. The maximum atomic E-state index is 13.1. The van der Waals surface area contributed by atoms with Gasteiger partial charge in [0.1, 0.15) is 17.3 Å². The van der Waals surface area contributed by atoms with Crippen molar-refractivity contribution in [2.24, 2.45) is 0 Å². The third-order valence-electron chi connectivity index (χ3n) is 1.68. The van der Waals surface area contributed by atoms with Crippen LogP contribution in [0.4, 0.5) is 23.2 Å². The fraction of sp³-hybridized carbons (Fsp3) is 0.111. The van der Waals surface area contributed by atoms with Gasteiger partial charge in [0.2, 0.25) is 5.91 Å². The molecule has 0 radical (unpaired) electrons. The molecule has 16 heavy (non-hydrogen) atoms. The van der Waals surface area contributed by atoms with Crippen LogP contribution in [0.25, 0.3) is 0 Å². The molecule has 0 aromatic heterocycles. The van der Waals surface area contributed by atoms with Gasteiger partial charge < -0.3 is 5.32 Å². The Hall–Kier alpha value is -2.10. The van der Waals surface area contributed by atoms with Crippen molar-refractivity contribution in [3.8, 4) is 6.07 Å². The highest BCUT2D eigenvalue weighted by Gasteiger charge is 2.25. The Morgan fingerprint density at radius 1 is 1.12 bits per heavy atom. The van der Waals surface area contributed by atoms with Crippen molar-refractivity contribution >= 4 is 11.6 Å². The van der Waals surface area contributed by atoms with Gasteiger partial charge in [-0.25, -0.2) is 17.6 Å². The zero-order valence-electron chi connectivity index (χ0n) is 7.87. The lowest BCUT2D eigenvalue weighted by molar-refractivity contribution is -0.114. The molecule has 0 fully saturated rings. The van der Waals surface area contributed by atoms with Gasteiger partial charge in [0.25, 0.3) is 0 Å². The number of carbonyl (C=O) groups excluding carboxylic acids is 1. The molecule has 0 saturated carbocycles. The predicted molar refractivity (Wildman–Crippen MR) is 45.3 cm³/mol. The van der Waals surface area contributed by atoms with Gasteiger partial charge in [-0.2, -0.15) is 5.26 Å². The van der Waals surface area contributed by atoms with Gasteiger partial charge in [0.05, 0.1) is 0 Å². The first-order valence-corrected chi connectivity index (χ1v) is 3.93. The number of amides is 1. The van der Waals surface area contributed by atoms with Crippen LogP contribution in [0.2, 0.25) is 0 Å². The van der Waals surface area contributed by atoms with E-state index in [1.54, 1.807) is 5.32 Å². The fourth-order valence-electron chi connectivity index (χ4n) is 1.02. The van der Waals surface area contributed by atoms with Crippen molar-refractivity contribution < 1.29 is 22.4 Å². The van der Waals surface area contributed by atoms with Crippen molar-refractivity contribution in [1.82, 2.24) is 0 Å². The Balaban J connectivity index is 3.55. The van der Waals surface area contributed by atoms with Gasteiger partial charge in [-0.15, -0.1) is 0 Å². The number of hydrogen-bond donors (Lipinski definition) is 1. The number of nitrogens with zero attached hydrogens (tertiary/aromatic N) is 1. The minimum Gasteiger partial charge on any atom is -0.321 e. The highest BCUT2D eigenvalue weighted by atomic mass is 19.2. The van der Waals surface area contributed by atoms with Crippen LogP contribution >= 0.6 is 0 Å². The molecule has 1 aromatic carbocycles. The van der Waals surface area contributed by atoms with Crippen LogP contribution in [-0.4, -0.2) is 5.91 Å². The van der Waals surface area contributed by atoms with E-state index in [0.29, 0.717) is 0 Å². The normalized spacial score (nSPS) is 9.75. The molecule has 0 atom stereocenters. The number of halogens is 4. The van der Waals surface area contributed by atoms with Gasteiger partial charge in [0, 0.05) is 6.92 Å². The van der Waals surface area contributed by atoms with Gasteiger partial charge >= 0.3 is 0 Å². The second kappa shape index (κ2) is 4.18. The molecule has 0 aliphatic heterocycles. The maximum Gasteiger partial charge on any atom is 0.221 e. The lowest BCUT2D eigenvalue weighted by Gasteiger charge is -2.08. The molecule has 0 spiro atoms. The number of nitrogens with one attached hydrogen (secondary N) is 1. The standard InChI is InChI=1S/C9H4F4N2O/c1-3(16)15-9-7(12)5(10)4(2-14)6(11)8(9)13/h1H3,(H,15,16). The van der Waals surface area contributed by atoms with E-state index >= 15 is 0 Å². The van der Waals surface area contributed by atoms with Crippen molar-refractivity contribution in [1.29, 1.82) is 5.26 Å². The van der Waals surface area contributed by atoms with E-state index in [4.69, 9.17) is 5.26 Å². The summed E-state index contributed by atoms with van der Waals surface area (Å²) in [5, 5.41) is 9.87. The molecule has 0 aliphatic carbocycles. The molecule has 0 saturated heterocycles. The summed E-state index contributed by atoms with van der Waals surface area (Å²) in [6.07, 6.45) is 0. The summed E-state index contributed by atoms with van der Waals surface area (Å²) >= 11 is 0. The highest BCUT2D eigenvalue weighted by molar-refractivity contribution is 5.89. The molecule has 1 amide bonds. The van der Waals surface area contributed by atoms with Gasteiger partial charge in [-0.1, -0.05) is 0 Å². The number of hydrogen-bond acceptors (Lipinski definition) is 2. The Morgan fingerprint density at radius 2 is 1.56 bits per heavy atom. The van der Waals surface area contributed by atoms with Crippen LogP contribution in [0.3, 0.4) is 0 Å². The first-order chi connectivity index (χ1) is 7.40. The second-order valence-electron chi connectivity index (χ2n) is 2.80. The van der Waals surface area contributed by atoms with E-state index in [2.05, 4.69) is 0 Å². The molecule has 1 rings (SSSR count). The van der Waals surface area contributed by atoms with E-state index in [1.807, 2.05) is 0 Å². The minimum absolute atomic E-state index is 0.902. The molecule has 0 bridgehead atoms. The van der Waals surface area contributed by atoms with Crippen LogP contribution in [0.1, 0.15) is 12.5 Å². The second-order valence-corrected chi connectivity index (χ2v) is 2.80. The maximum absolute atomic E-state index is 13.1. The Morgan fingerprint density at radius 3 is 1.88 bits per heavy atom. The summed E-state index contributed by atoms with van der Waals surface area (Å²) in [7, 11) is 0. The van der Waals surface area contributed by atoms with Crippen LogP contribution in [0.5, 0.6) is 0 Å². The summed E-state index contributed by atoms with van der Waals surface area (Å²) < 4.78 is 52.2. The summed E-state index contributed by atoms with van der Waals surface area (Å²) in [6, 6.07) is 0.983. The average Bonchev–Trinajstić information content (AvgIpc) is 2.22. The quantitative estimate of drug-likeness (QED) is 0.595. The first kappa shape index (κ1) is 12.0. The third-order valence-corrected chi connectivity index (χ3v) is 1.68. The summed E-state index contributed by atoms with van der Waals surface area (Å²) in [6.45, 7) is 0.910. The molecule has 3 nitrogen and oxygen atoms in total. The summed E-state index contributed by atoms with van der Waals surface area (Å²) in [5.74, 6) is -8.21. The van der Waals surface area contributed by atoms with Crippen LogP contribution in [-0.2, 0) is 4.79 Å². The fourth-order valence-corrected chi connectivity index (χ4v) is 1.02. The van der Waals surface area contributed by atoms with E-state index in [-0.39, 0.29) is 0 Å². The third kappa shape index (κ3) is 1.82.